The number of benzene rings is 1. The Morgan fingerprint density at radius 2 is 2.05 bits per heavy atom. The van der Waals surface area contributed by atoms with Crippen LogP contribution in [-0.4, -0.2) is 18.1 Å². The summed E-state index contributed by atoms with van der Waals surface area (Å²) >= 11 is 0. The Bertz CT molecular complexity index is 539. The van der Waals surface area contributed by atoms with Gasteiger partial charge < -0.3 is 10.6 Å². The van der Waals surface area contributed by atoms with Crippen LogP contribution in [0.2, 0.25) is 0 Å². The molecule has 2 aromatic rings. The molecule has 0 amide bonds. The van der Waals surface area contributed by atoms with E-state index in [2.05, 4.69) is 45.9 Å². The summed E-state index contributed by atoms with van der Waals surface area (Å²) in [6.07, 6.45) is 3.98. The highest BCUT2D eigenvalue weighted by molar-refractivity contribution is 5.31. The minimum atomic E-state index is 0.449. The van der Waals surface area contributed by atoms with Gasteiger partial charge in [-0.3, -0.25) is 4.98 Å². The summed E-state index contributed by atoms with van der Waals surface area (Å²) in [4.78, 5) is 4.37. The number of rotatable bonds is 4. The van der Waals surface area contributed by atoms with E-state index in [0.717, 1.165) is 38.2 Å². The van der Waals surface area contributed by atoms with Crippen LogP contribution in [0.1, 0.15) is 29.3 Å². The van der Waals surface area contributed by atoms with Crippen molar-refractivity contribution in [2.75, 3.05) is 13.1 Å². The minimum Gasteiger partial charge on any atom is -0.313 e. The van der Waals surface area contributed by atoms with Crippen LogP contribution in [0.15, 0.2) is 48.7 Å². The monoisotopic (exact) mass is 267 g/mol. The second-order valence-electron chi connectivity index (χ2n) is 5.24. The van der Waals surface area contributed by atoms with Gasteiger partial charge in [-0.2, -0.15) is 0 Å². The van der Waals surface area contributed by atoms with Crippen LogP contribution in [-0.2, 0) is 13.0 Å². The van der Waals surface area contributed by atoms with E-state index < -0.39 is 0 Å². The Balaban J connectivity index is 1.62. The van der Waals surface area contributed by atoms with Crippen molar-refractivity contribution in [2.45, 2.75) is 25.4 Å². The van der Waals surface area contributed by atoms with Gasteiger partial charge in [0.1, 0.15) is 0 Å². The van der Waals surface area contributed by atoms with E-state index in [0.29, 0.717) is 6.04 Å². The molecule has 1 aliphatic rings. The molecule has 3 heteroatoms. The number of hydrogen-bond acceptors (Lipinski definition) is 3. The second kappa shape index (κ2) is 6.64. The van der Waals surface area contributed by atoms with E-state index in [4.69, 9.17) is 0 Å². The number of fused-ring (bicyclic) bond motifs is 1. The number of nitrogens with one attached hydrogen (secondary N) is 2. The maximum Gasteiger partial charge on any atom is 0.0416 e. The first-order valence-electron chi connectivity index (χ1n) is 7.35. The minimum absolute atomic E-state index is 0.449. The molecule has 1 atom stereocenters. The van der Waals surface area contributed by atoms with E-state index in [9.17, 15) is 0 Å². The third kappa shape index (κ3) is 3.24. The van der Waals surface area contributed by atoms with Gasteiger partial charge >= 0.3 is 0 Å². The molecular weight excluding hydrogens is 246 g/mol. The largest absolute Gasteiger partial charge is 0.313 e. The number of pyridine rings is 1. The van der Waals surface area contributed by atoms with E-state index >= 15 is 0 Å². The Kier molecular flexibility index (Phi) is 4.41. The SMILES string of the molecule is c1ccc(CCNC2CCNCc3ccccc32)nc1. The molecule has 1 aromatic carbocycles. The molecule has 2 N–H and O–H groups in total. The van der Waals surface area contributed by atoms with Gasteiger partial charge in [0.2, 0.25) is 0 Å². The van der Waals surface area contributed by atoms with Crippen LogP contribution in [0.4, 0.5) is 0 Å². The average molecular weight is 267 g/mol. The van der Waals surface area contributed by atoms with Crippen molar-refractivity contribution in [1.29, 1.82) is 0 Å². The molecule has 1 aromatic heterocycles. The zero-order chi connectivity index (χ0) is 13.6. The van der Waals surface area contributed by atoms with Crippen LogP contribution in [0.25, 0.3) is 0 Å². The molecule has 0 bridgehead atoms. The molecule has 0 aliphatic carbocycles. The van der Waals surface area contributed by atoms with Crippen LogP contribution in [0.3, 0.4) is 0 Å². The second-order valence-corrected chi connectivity index (χ2v) is 5.24. The fourth-order valence-corrected chi connectivity index (χ4v) is 2.79. The van der Waals surface area contributed by atoms with Gasteiger partial charge in [0.25, 0.3) is 0 Å². The third-order valence-electron chi connectivity index (χ3n) is 3.85. The summed E-state index contributed by atoms with van der Waals surface area (Å²) in [5.41, 5.74) is 4.01. The summed E-state index contributed by atoms with van der Waals surface area (Å²) in [5, 5.41) is 7.18. The zero-order valence-electron chi connectivity index (χ0n) is 11.7. The first-order chi connectivity index (χ1) is 9.93. The Hall–Kier alpha value is -1.71. The molecule has 3 nitrogen and oxygen atoms in total. The van der Waals surface area contributed by atoms with Gasteiger partial charge in [-0.25, -0.2) is 0 Å². The van der Waals surface area contributed by atoms with Crippen molar-refractivity contribution in [3.63, 3.8) is 0 Å². The lowest BCUT2D eigenvalue weighted by Crippen LogP contribution is -2.25. The van der Waals surface area contributed by atoms with Crippen molar-refractivity contribution in [2.24, 2.45) is 0 Å². The summed E-state index contributed by atoms with van der Waals surface area (Å²) in [7, 11) is 0. The number of aromatic nitrogens is 1. The Morgan fingerprint density at radius 1 is 1.15 bits per heavy atom. The molecule has 0 fully saturated rings. The van der Waals surface area contributed by atoms with E-state index in [1.54, 1.807) is 0 Å². The van der Waals surface area contributed by atoms with Crippen molar-refractivity contribution in [1.82, 2.24) is 15.6 Å². The maximum absolute atomic E-state index is 4.37. The topological polar surface area (TPSA) is 37.0 Å². The fraction of sp³-hybridized carbons (Fsp3) is 0.353. The molecule has 104 valence electrons. The standard InChI is InChI=1S/C17H21N3/c1-2-7-16-14(5-1)13-18-11-9-17(16)20-12-8-15-6-3-4-10-19-15/h1-7,10,17-18,20H,8-9,11-13H2. The number of nitrogens with zero attached hydrogens (tertiary/aromatic N) is 1. The van der Waals surface area contributed by atoms with Gasteiger partial charge in [0.15, 0.2) is 0 Å². The van der Waals surface area contributed by atoms with E-state index in [1.807, 2.05) is 18.3 Å². The van der Waals surface area contributed by atoms with Gasteiger partial charge in [0, 0.05) is 37.4 Å². The van der Waals surface area contributed by atoms with Crippen LogP contribution in [0, 0.1) is 0 Å². The van der Waals surface area contributed by atoms with Gasteiger partial charge in [-0.05, 0) is 36.2 Å². The summed E-state index contributed by atoms with van der Waals surface area (Å²) in [6, 6.07) is 15.3. The molecule has 1 aliphatic heterocycles. The van der Waals surface area contributed by atoms with Crippen molar-refractivity contribution in [3.8, 4) is 0 Å². The number of hydrogen-bond donors (Lipinski definition) is 2. The lowest BCUT2D eigenvalue weighted by Gasteiger charge is -2.19. The predicted molar refractivity (Wildman–Crippen MR) is 81.5 cm³/mol. The molecule has 0 radical (unpaired) electrons. The molecule has 1 unspecified atom stereocenters. The quantitative estimate of drug-likeness (QED) is 0.893. The molecule has 20 heavy (non-hydrogen) atoms. The molecule has 0 saturated heterocycles. The normalized spacial score (nSPS) is 18.3. The third-order valence-corrected chi connectivity index (χ3v) is 3.85. The van der Waals surface area contributed by atoms with Crippen molar-refractivity contribution in [3.05, 3.63) is 65.5 Å². The highest BCUT2D eigenvalue weighted by Gasteiger charge is 2.16. The molecule has 0 saturated carbocycles. The van der Waals surface area contributed by atoms with Crippen LogP contribution < -0.4 is 10.6 Å². The lowest BCUT2D eigenvalue weighted by molar-refractivity contribution is 0.498. The maximum atomic E-state index is 4.37. The fourth-order valence-electron chi connectivity index (χ4n) is 2.79. The van der Waals surface area contributed by atoms with Gasteiger partial charge in [0.05, 0.1) is 0 Å². The molecular formula is C17H21N3. The van der Waals surface area contributed by atoms with Gasteiger partial charge in [-0.15, -0.1) is 0 Å². The van der Waals surface area contributed by atoms with Crippen LogP contribution >= 0.6 is 0 Å². The Labute approximate surface area is 120 Å². The summed E-state index contributed by atoms with van der Waals surface area (Å²) in [5.74, 6) is 0. The summed E-state index contributed by atoms with van der Waals surface area (Å²) < 4.78 is 0. The Morgan fingerprint density at radius 3 is 2.95 bits per heavy atom. The van der Waals surface area contributed by atoms with E-state index in [1.165, 1.54) is 11.1 Å². The molecule has 2 heterocycles. The average Bonchev–Trinajstić information content (AvgIpc) is 2.71. The van der Waals surface area contributed by atoms with Crippen molar-refractivity contribution < 1.29 is 0 Å². The molecule has 0 spiro atoms. The first-order valence-corrected chi connectivity index (χ1v) is 7.35. The van der Waals surface area contributed by atoms with Gasteiger partial charge in [-0.1, -0.05) is 30.3 Å². The highest BCUT2D eigenvalue weighted by atomic mass is 14.9. The molecule has 3 rings (SSSR count). The lowest BCUT2D eigenvalue weighted by atomic mass is 9.99. The van der Waals surface area contributed by atoms with Crippen molar-refractivity contribution >= 4 is 0 Å². The highest BCUT2D eigenvalue weighted by Crippen LogP contribution is 2.23. The summed E-state index contributed by atoms with van der Waals surface area (Å²) in [6.45, 7) is 3.01. The van der Waals surface area contributed by atoms with Crippen LogP contribution in [0.5, 0.6) is 0 Å². The predicted octanol–water partition coefficient (Wildman–Crippen LogP) is 2.45. The zero-order valence-corrected chi connectivity index (χ0v) is 11.7. The smallest absolute Gasteiger partial charge is 0.0416 e. The first kappa shape index (κ1) is 13.3. The van der Waals surface area contributed by atoms with E-state index in [-0.39, 0.29) is 0 Å².